The van der Waals surface area contributed by atoms with Gasteiger partial charge in [-0.25, -0.2) is 4.98 Å². The van der Waals surface area contributed by atoms with E-state index in [2.05, 4.69) is 9.97 Å². The molecule has 0 saturated heterocycles. The number of hydrogen-bond acceptors (Lipinski definition) is 4. The Labute approximate surface area is 165 Å². The van der Waals surface area contributed by atoms with Crippen LogP contribution < -0.4 is 0 Å². The number of carbonyl (C=O) groups is 1. The third-order valence-corrected chi connectivity index (χ3v) is 5.73. The molecular weight excluding hydrogens is 380 g/mol. The highest BCUT2D eigenvalue weighted by atomic mass is 35.5. The first-order chi connectivity index (χ1) is 13.0. The maximum Gasteiger partial charge on any atom is 0.271 e. The Kier molecular flexibility index (Phi) is 4.68. The van der Waals surface area contributed by atoms with Gasteiger partial charge in [0, 0.05) is 41.6 Å². The monoisotopic (exact) mass is 396 g/mol. The van der Waals surface area contributed by atoms with E-state index in [1.807, 2.05) is 59.3 Å². The summed E-state index contributed by atoms with van der Waals surface area (Å²) in [5.41, 5.74) is 3.37. The second-order valence-electron chi connectivity index (χ2n) is 6.28. The molecule has 5 nitrogen and oxygen atoms in total. The van der Waals surface area contributed by atoms with E-state index in [4.69, 9.17) is 11.6 Å². The van der Waals surface area contributed by atoms with Crippen molar-refractivity contribution in [2.24, 2.45) is 0 Å². The number of imidazole rings is 1. The zero-order chi connectivity index (χ0) is 19.0. The van der Waals surface area contributed by atoms with Gasteiger partial charge < -0.3 is 4.90 Å². The summed E-state index contributed by atoms with van der Waals surface area (Å²) in [6.07, 6.45) is 5.41. The van der Waals surface area contributed by atoms with Crippen LogP contribution in [-0.4, -0.2) is 32.2 Å². The predicted octanol–water partition coefficient (Wildman–Crippen LogP) is 4.94. The van der Waals surface area contributed by atoms with Crippen molar-refractivity contribution in [1.29, 1.82) is 0 Å². The van der Waals surface area contributed by atoms with Gasteiger partial charge in [-0.1, -0.05) is 29.8 Å². The van der Waals surface area contributed by atoms with Gasteiger partial charge >= 0.3 is 0 Å². The molecule has 0 aliphatic heterocycles. The first-order valence-electron chi connectivity index (χ1n) is 8.44. The molecule has 3 aromatic heterocycles. The molecule has 0 aliphatic carbocycles. The van der Waals surface area contributed by atoms with Crippen molar-refractivity contribution in [2.45, 2.75) is 13.0 Å². The highest BCUT2D eigenvalue weighted by Crippen LogP contribution is 2.27. The lowest BCUT2D eigenvalue weighted by Crippen LogP contribution is -2.30. The number of amides is 1. The maximum atomic E-state index is 13.1. The van der Waals surface area contributed by atoms with Crippen molar-refractivity contribution < 1.29 is 4.79 Å². The summed E-state index contributed by atoms with van der Waals surface area (Å²) in [5, 5.41) is 2.53. The summed E-state index contributed by atoms with van der Waals surface area (Å²) in [5.74, 6) is -0.0577. The van der Waals surface area contributed by atoms with Crippen LogP contribution in [-0.2, 0) is 0 Å². The number of nitrogens with zero attached hydrogens (tertiary/aromatic N) is 4. The van der Waals surface area contributed by atoms with Gasteiger partial charge in [0.1, 0.15) is 5.69 Å². The van der Waals surface area contributed by atoms with Gasteiger partial charge in [-0.05, 0) is 30.7 Å². The number of fused-ring (bicyclic) bond motifs is 1. The van der Waals surface area contributed by atoms with Crippen LogP contribution in [0.15, 0.2) is 60.4 Å². The number of rotatable bonds is 4. The van der Waals surface area contributed by atoms with E-state index in [1.165, 1.54) is 11.3 Å². The zero-order valence-corrected chi connectivity index (χ0v) is 16.4. The van der Waals surface area contributed by atoms with Gasteiger partial charge in [0.15, 0.2) is 4.96 Å². The molecule has 0 spiro atoms. The lowest BCUT2D eigenvalue weighted by atomic mass is 10.1. The van der Waals surface area contributed by atoms with Crippen LogP contribution in [0, 0.1) is 0 Å². The van der Waals surface area contributed by atoms with Crippen LogP contribution >= 0.6 is 22.9 Å². The largest absolute Gasteiger partial charge is 0.334 e. The molecule has 0 N–H and O–H groups in total. The minimum absolute atomic E-state index is 0.0577. The number of carbonyl (C=O) groups excluding carboxylic acids is 1. The van der Waals surface area contributed by atoms with E-state index < -0.39 is 0 Å². The zero-order valence-electron chi connectivity index (χ0n) is 14.8. The molecule has 4 rings (SSSR count). The van der Waals surface area contributed by atoms with Gasteiger partial charge in [0.05, 0.1) is 11.7 Å². The normalized spacial score (nSPS) is 12.3. The van der Waals surface area contributed by atoms with E-state index in [0.29, 0.717) is 10.7 Å². The minimum atomic E-state index is -0.0830. The van der Waals surface area contributed by atoms with Crippen molar-refractivity contribution in [3.05, 3.63) is 76.6 Å². The molecule has 1 amide bonds. The number of hydrogen-bond donors (Lipinski definition) is 0. The van der Waals surface area contributed by atoms with Crippen LogP contribution in [0.25, 0.3) is 16.2 Å². The highest BCUT2D eigenvalue weighted by molar-refractivity contribution is 7.15. The predicted molar refractivity (Wildman–Crippen MR) is 108 cm³/mol. The van der Waals surface area contributed by atoms with Gasteiger partial charge in [-0.15, -0.1) is 11.3 Å². The molecule has 0 saturated carbocycles. The Morgan fingerprint density at radius 3 is 2.74 bits per heavy atom. The van der Waals surface area contributed by atoms with Crippen molar-refractivity contribution in [3.8, 4) is 11.3 Å². The molecule has 1 unspecified atom stereocenters. The Morgan fingerprint density at radius 1 is 1.26 bits per heavy atom. The number of aromatic nitrogens is 3. The van der Waals surface area contributed by atoms with E-state index >= 15 is 0 Å². The summed E-state index contributed by atoms with van der Waals surface area (Å²) < 4.78 is 1.85. The fourth-order valence-electron chi connectivity index (χ4n) is 2.90. The summed E-state index contributed by atoms with van der Waals surface area (Å²) >= 11 is 7.41. The number of pyridine rings is 1. The third kappa shape index (κ3) is 3.34. The summed E-state index contributed by atoms with van der Waals surface area (Å²) in [6, 6.07) is 11.3. The molecule has 7 heteroatoms. The Balaban J connectivity index is 1.65. The molecule has 27 heavy (non-hydrogen) atoms. The molecule has 3 heterocycles. The third-order valence-electron chi connectivity index (χ3n) is 4.64. The van der Waals surface area contributed by atoms with E-state index in [-0.39, 0.29) is 11.9 Å². The average molecular weight is 397 g/mol. The second-order valence-corrected chi connectivity index (χ2v) is 7.56. The molecular formula is C20H17ClN4OS. The number of benzene rings is 1. The Morgan fingerprint density at radius 2 is 2.04 bits per heavy atom. The SMILES string of the molecule is CC(c1cccnc1)N(C)C(=O)c1csc2nc(-c3ccc(Cl)cc3)cn12. The van der Waals surface area contributed by atoms with Crippen molar-refractivity contribution in [2.75, 3.05) is 7.05 Å². The molecule has 1 atom stereocenters. The van der Waals surface area contributed by atoms with E-state index in [9.17, 15) is 4.79 Å². The maximum absolute atomic E-state index is 13.1. The van der Waals surface area contributed by atoms with Gasteiger partial charge in [-0.3, -0.25) is 14.2 Å². The molecule has 0 bridgehead atoms. The lowest BCUT2D eigenvalue weighted by molar-refractivity contribution is 0.0736. The standard InChI is InChI=1S/C20H17ClN4OS/c1-13(15-4-3-9-22-10-15)24(2)19(26)18-12-27-20-23-17(11-25(18)20)14-5-7-16(21)8-6-14/h3-13H,1-2H3. The fourth-order valence-corrected chi connectivity index (χ4v) is 3.87. The van der Waals surface area contributed by atoms with Crippen molar-refractivity contribution in [3.63, 3.8) is 0 Å². The van der Waals surface area contributed by atoms with Gasteiger partial charge in [0.25, 0.3) is 5.91 Å². The molecule has 0 radical (unpaired) electrons. The first-order valence-corrected chi connectivity index (χ1v) is 9.70. The quantitative estimate of drug-likeness (QED) is 0.490. The second kappa shape index (κ2) is 7.13. The van der Waals surface area contributed by atoms with Crippen LogP contribution in [0.4, 0.5) is 0 Å². The fraction of sp³-hybridized carbons (Fsp3) is 0.150. The molecule has 0 aliphatic rings. The molecule has 1 aromatic carbocycles. The number of halogens is 1. The minimum Gasteiger partial charge on any atom is -0.334 e. The molecule has 0 fully saturated rings. The van der Waals surface area contributed by atoms with Crippen molar-refractivity contribution in [1.82, 2.24) is 19.3 Å². The van der Waals surface area contributed by atoms with Gasteiger partial charge in [0.2, 0.25) is 0 Å². The Bertz CT molecular complexity index is 1090. The first kappa shape index (κ1) is 17.7. The van der Waals surface area contributed by atoms with Crippen LogP contribution in [0.3, 0.4) is 0 Å². The summed E-state index contributed by atoms with van der Waals surface area (Å²) in [7, 11) is 1.81. The highest BCUT2D eigenvalue weighted by Gasteiger charge is 2.23. The summed E-state index contributed by atoms with van der Waals surface area (Å²) in [6.45, 7) is 1.99. The van der Waals surface area contributed by atoms with Crippen molar-refractivity contribution >= 4 is 33.8 Å². The number of thiazole rings is 1. The van der Waals surface area contributed by atoms with Crippen LogP contribution in [0.1, 0.15) is 29.0 Å². The van der Waals surface area contributed by atoms with Crippen LogP contribution in [0.2, 0.25) is 5.02 Å². The van der Waals surface area contributed by atoms with E-state index in [1.54, 1.807) is 24.3 Å². The van der Waals surface area contributed by atoms with Gasteiger partial charge in [-0.2, -0.15) is 0 Å². The Hall–Kier alpha value is -2.70. The molecule has 4 aromatic rings. The average Bonchev–Trinajstić information content (AvgIpc) is 3.28. The topological polar surface area (TPSA) is 50.5 Å². The lowest BCUT2D eigenvalue weighted by Gasteiger charge is -2.24. The van der Waals surface area contributed by atoms with Crippen LogP contribution in [0.5, 0.6) is 0 Å². The van der Waals surface area contributed by atoms with E-state index in [0.717, 1.165) is 21.8 Å². The smallest absolute Gasteiger partial charge is 0.271 e. The molecule has 136 valence electrons. The summed E-state index contributed by atoms with van der Waals surface area (Å²) in [4.78, 5) is 24.4.